The molecular weight excluding hydrogens is 318 g/mol. The molecule has 0 aliphatic heterocycles. The highest BCUT2D eigenvalue weighted by Gasteiger charge is 2.38. The van der Waals surface area contributed by atoms with Crippen LogP contribution in [-0.2, 0) is 7.80 Å². The van der Waals surface area contributed by atoms with Gasteiger partial charge in [-0.3, -0.25) is 0 Å². The van der Waals surface area contributed by atoms with Crippen molar-refractivity contribution in [2.45, 2.75) is 64.9 Å². The van der Waals surface area contributed by atoms with Gasteiger partial charge in [-0.25, -0.2) is 0 Å². The van der Waals surface area contributed by atoms with Crippen molar-refractivity contribution in [2.24, 2.45) is 5.92 Å². The summed E-state index contributed by atoms with van der Waals surface area (Å²) in [4.78, 5) is 0. The molecule has 0 spiro atoms. The average molecular weight is 340 g/mol. The van der Waals surface area contributed by atoms with E-state index < -0.39 is 17.2 Å². The molecular formula is C11H22BIO3. The molecule has 0 fully saturated rings. The van der Waals surface area contributed by atoms with E-state index in [2.05, 4.69) is 0 Å². The molecule has 0 aromatic carbocycles. The molecule has 2 radical (unpaired) electrons. The smallest absolute Gasteiger partial charge is 0.112 e. The number of hydrogen-bond donors (Lipinski definition) is 1. The monoisotopic (exact) mass is 340 g/mol. The highest BCUT2D eigenvalue weighted by atomic mass is 127. The van der Waals surface area contributed by atoms with E-state index in [1.807, 2.05) is 57.6 Å². The summed E-state index contributed by atoms with van der Waals surface area (Å²) in [5, 5.41) is 9.63. The van der Waals surface area contributed by atoms with Crippen molar-refractivity contribution in [1.29, 1.82) is 0 Å². The van der Waals surface area contributed by atoms with Crippen LogP contribution in [0, 0.1) is 5.92 Å². The van der Waals surface area contributed by atoms with Crippen LogP contribution in [0.15, 0.2) is 0 Å². The van der Waals surface area contributed by atoms with E-state index in [4.69, 9.17) is 15.6 Å². The summed E-state index contributed by atoms with van der Waals surface area (Å²) in [6.07, 6.45) is -0.825. The molecule has 0 amide bonds. The maximum Gasteiger partial charge on any atom is 0.112 e. The third-order valence-electron chi connectivity index (χ3n) is 2.69. The standard InChI is InChI=1S/C11H22BIO3/c1-7(9(15-13)8(2)14)10(3,4)16-11(5,6)12/h7-9,14H,1-6H3. The Morgan fingerprint density at radius 3 is 1.88 bits per heavy atom. The summed E-state index contributed by atoms with van der Waals surface area (Å²) in [6, 6.07) is 0. The lowest BCUT2D eigenvalue weighted by atomic mass is 9.81. The molecule has 0 aromatic heterocycles. The number of ether oxygens (including phenoxy) is 1. The molecule has 0 heterocycles. The Labute approximate surface area is 114 Å². The first-order chi connectivity index (χ1) is 7.01. The topological polar surface area (TPSA) is 38.7 Å². The van der Waals surface area contributed by atoms with Crippen LogP contribution in [0.25, 0.3) is 0 Å². The zero-order valence-electron chi connectivity index (χ0n) is 11.0. The fraction of sp³-hybridized carbons (Fsp3) is 1.00. The first kappa shape index (κ1) is 16.7. The predicted octanol–water partition coefficient (Wildman–Crippen LogP) is 2.44. The average Bonchev–Trinajstić information content (AvgIpc) is 1.99. The Bertz CT molecular complexity index is 214. The molecule has 16 heavy (non-hydrogen) atoms. The van der Waals surface area contributed by atoms with Crippen molar-refractivity contribution in [3.8, 4) is 0 Å². The van der Waals surface area contributed by atoms with E-state index >= 15 is 0 Å². The van der Waals surface area contributed by atoms with Crippen LogP contribution >= 0.6 is 23.0 Å². The van der Waals surface area contributed by atoms with Gasteiger partial charge in [0.15, 0.2) is 0 Å². The minimum atomic E-state index is -0.702. The summed E-state index contributed by atoms with van der Waals surface area (Å²) in [5.74, 6) is 0.0206. The van der Waals surface area contributed by atoms with Gasteiger partial charge >= 0.3 is 0 Å². The molecule has 0 aliphatic carbocycles. The Balaban J connectivity index is 4.73. The summed E-state index contributed by atoms with van der Waals surface area (Å²) in [6.45, 7) is 11.2. The van der Waals surface area contributed by atoms with Crippen LogP contribution in [0.2, 0.25) is 0 Å². The van der Waals surface area contributed by atoms with Crippen LogP contribution in [0.3, 0.4) is 0 Å². The Morgan fingerprint density at radius 1 is 1.19 bits per heavy atom. The maximum atomic E-state index is 9.63. The highest BCUT2D eigenvalue weighted by Crippen LogP contribution is 2.31. The summed E-state index contributed by atoms with van der Waals surface area (Å²) in [5.41, 5.74) is -1.17. The summed E-state index contributed by atoms with van der Waals surface area (Å²) < 4.78 is 11.1. The zero-order valence-corrected chi connectivity index (χ0v) is 13.1. The molecule has 0 saturated heterocycles. The molecule has 3 atom stereocenters. The zero-order chi connectivity index (χ0) is 13.1. The van der Waals surface area contributed by atoms with Crippen molar-refractivity contribution < 1.29 is 12.9 Å². The van der Waals surface area contributed by atoms with Gasteiger partial charge in [0.2, 0.25) is 0 Å². The van der Waals surface area contributed by atoms with E-state index in [1.165, 1.54) is 0 Å². The van der Waals surface area contributed by atoms with E-state index in [0.29, 0.717) is 0 Å². The second kappa shape index (κ2) is 6.02. The van der Waals surface area contributed by atoms with Crippen LogP contribution in [0.1, 0.15) is 41.5 Å². The van der Waals surface area contributed by atoms with Gasteiger partial charge in [-0.05, 0) is 34.6 Å². The van der Waals surface area contributed by atoms with Crippen LogP contribution in [0.5, 0.6) is 0 Å². The van der Waals surface area contributed by atoms with Gasteiger partial charge in [0, 0.05) is 11.4 Å². The number of aliphatic hydroxyl groups is 1. The van der Waals surface area contributed by atoms with Gasteiger partial charge in [0.1, 0.15) is 37.0 Å². The van der Waals surface area contributed by atoms with E-state index in [-0.39, 0.29) is 12.0 Å². The van der Waals surface area contributed by atoms with Crippen molar-refractivity contribution >= 4 is 30.9 Å². The van der Waals surface area contributed by atoms with Gasteiger partial charge in [-0.15, -0.1) is 0 Å². The fourth-order valence-corrected chi connectivity index (χ4v) is 2.60. The van der Waals surface area contributed by atoms with Gasteiger partial charge in [0.05, 0.1) is 11.7 Å². The second-order valence-corrected chi connectivity index (χ2v) is 5.90. The first-order valence-corrected chi connectivity index (χ1v) is 6.34. The number of rotatable bonds is 6. The van der Waals surface area contributed by atoms with Gasteiger partial charge in [-0.2, -0.15) is 0 Å². The number of halogens is 1. The van der Waals surface area contributed by atoms with E-state index in [1.54, 1.807) is 6.92 Å². The molecule has 3 unspecified atom stereocenters. The molecule has 94 valence electrons. The molecule has 0 aliphatic rings. The molecule has 0 rings (SSSR count). The predicted molar refractivity (Wildman–Crippen MR) is 74.7 cm³/mol. The van der Waals surface area contributed by atoms with Crippen molar-refractivity contribution in [3.63, 3.8) is 0 Å². The Morgan fingerprint density at radius 2 is 1.62 bits per heavy atom. The first-order valence-electron chi connectivity index (χ1n) is 5.46. The second-order valence-electron chi connectivity index (χ2n) is 5.39. The Hall–Kier alpha value is 0.675. The molecule has 1 N–H and O–H groups in total. The van der Waals surface area contributed by atoms with Crippen molar-refractivity contribution in [2.75, 3.05) is 0 Å². The molecule has 0 saturated carbocycles. The van der Waals surface area contributed by atoms with Crippen molar-refractivity contribution in [3.05, 3.63) is 0 Å². The van der Waals surface area contributed by atoms with Gasteiger partial charge in [0.25, 0.3) is 0 Å². The maximum absolute atomic E-state index is 9.63. The van der Waals surface area contributed by atoms with Gasteiger partial charge < -0.3 is 12.9 Å². The number of hydrogen-bond acceptors (Lipinski definition) is 3. The quantitative estimate of drug-likeness (QED) is 0.596. The minimum Gasteiger partial charge on any atom is -0.391 e. The van der Waals surface area contributed by atoms with E-state index in [0.717, 1.165) is 0 Å². The SMILES string of the molecule is [B]C(C)(C)OC(C)(C)C(C)C(OI)C(C)O. The van der Waals surface area contributed by atoms with Gasteiger partial charge in [-0.1, -0.05) is 6.92 Å². The van der Waals surface area contributed by atoms with Crippen LogP contribution < -0.4 is 0 Å². The highest BCUT2D eigenvalue weighted by molar-refractivity contribution is 14.1. The lowest BCUT2D eigenvalue weighted by molar-refractivity contribution is -0.137. The Kier molecular flexibility index (Phi) is 6.28. The minimum absolute atomic E-state index is 0.0206. The van der Waals surface area contributed by atoms with Crippen LogP contribution in [0.4, 0.5) is 0 Å². The third kappa shape index (κ3) is 5.34. The largest absolute Gasteiger partial charge is 0.391 e. The summed E-state index contributed by atoms with van der Waals surface area (Å²) in [7, 11) is 5.85. The lowest BCUT2D eigenvalue weighted by Gasteiger charge is -2.41. The molecule has 3 nitrogen and oxygen atoms in total. The lowest BCUT2D eigenvalue weighted by Crippen LogP contribution is -2.48. The van der Waals surface area contributed by atoms with Crippen LogP contribution in [-0.4, -0.2) is 36.3 Å². The third-order valence-corrected chi connectivity index (χ3v) is 3.28. The molecule has 0 aromatic rings. The normalized spacial score (nSPS) is 19.2. The van der Waals surface area contributed by atoms with Crippen molar-refractivity contribution in [1.82, 2.24) is 0 Å². The fourth-order valence-electron chi connectivity index (χ4n) is 1.74. The number of aliphatic hydroxyl groups excluding tert-OH is 1. The van der Waals surface area contributed by atoms with E-state index in [9.17, 15) is 5.11 Å². The summed E-state index contributed by atoms with van der Waals surface area (Å²) >= 11 is 1.81. The molecule has 0 bridgehead atoms. The molecule has 5 heteroatoms.